The van der Waals surface area contributed by atoms with E-state index in [-0.39, 0.29) is 5.91 Å². The number of hydrogen-bond donors (Lipinski definition) is 1. The number of aromatic nitrogens is 1. The molecular weight excluding hydrogens is 266 g/mol. The van der Waals surface area contributed by atoms with Crippen LogP contribution >= 0.6 is 0 Å². The fourth-order valence-electron chi connectivity index (χ4n) is 2.56. The lowest BCUT2D eigenvalue weighted by atomic mass is 10.2. The van der Waals surface area contributed by atoms with Gasteiger partial charge in [0, 0.05) is 38.4 Å². The zero-order valence-electron chi connectivity index (χ0n) is 12.0. The number of hydrogen-bond acceptors (Lipinski definition) is 5. The van der Waals surface area contributed by atoms with E-state index in [4.69, 9.17) is 5.26 Å². The van der Waals surface area contributed by atoms with Crippen molar-refractivity contribution in [3.8, 4) is 6.07 Å². The van der Waals surface area contributed by atoms with Crippen LogP contribution < -0.4 is 10.2 Å². The Balaban J connectivity index is 1.52. The molecule has 1 saturated heterocycles. The van der Waals surface area contributed by atoms with Gasteiger partial charge in [0.1, 0.15) is 11.9 Å². The molecule has 0 bridgehead atoms. The standard InChI is InChI=1S/C15H19N5O/c16-10-12-2-1-5-17-15(12)20-8-6-19(7-9-20)11-14(21)18-13-3-4-13/h1-2,5,13H,3-4,6-9,11H2,(H,18,21). The molecule has 2 aliphatic rings. The van der Waals surface area contributed by atoms with E-state index >= 15 is 0 Å². The fraction of sp³-hybridized carbons (Fsp3) is 0.533. The second-order valence-corrected chi connectivity index (χ2v) is 5.59. The third kappa shape index (κ3) is 3.50. The minimum Gasteiger partial charge on any atom is -0.353 e. The highest BCUT2D eigenvalue weighted by Gasteiger charge is 2.25. The van der Waals surface area contributed by atoms with E-state index < -0.39 is 0 Å². The molecule has 3 rings (SSSR count). The van der Waals surface area contributed by atoms with Gasteiger partial charge in [-0.25, -0.2) is 4.98 Å². The number of anilines is 1. The molecule has 21 heavy (non-hydrogen) atoms. The Labute approximate surface area is 124 Å². The van der Waals surface area contributed by atoms with Crippen LogP contribution in [0.5, 0.6) is 0 Å². The molecule has 0 unspecified atom stereocenters. The van der Waals surface area contributed by atoms with Gasteiger partial charge in [-0.2, -0.15) is 5.26 Å². The molecule has 1 saturated carbocycles. The van der Waals surface area contributed by atoms with Gasteiger partial charge in [-0.15, -0.1) is 0 Å². The van der Waals surface area contributed by atoms with Crippen molar-refractivity contribution in [1.82, 2.24) is 15.2 Å². The Morgan fingerprint density at radius 2 is 2.14 bits per heavy atom. The van der Waals surface area contributed by atoms with E-state index in [1.54, 1.807) is 18.3 Å². The molecule has 2 fully saturated rings. The molecule has 1 aromatic heterocycles. The number of pyridine rings is 1. The molecule has 6 heteroatoms. The number of amides is 1. The lowest BCUT2D eigenvalue weighted by Crippen LogP contribution is -2.50. The van der Waals surface area contributed by atoms with Gasteiger partial charge in [0.25, 0.3) is 0 Å². The van der Waals surface area contributed by atoms with Crippen molar-refractivity contribution in [1.29, 1.82) is 5.26 Å². The van der Waals surface area contributed by atoms with Crippen LogP contribution in [0, 0.1) is 11.3 Å². The van der Waals surface area contributed by atoms with E-state index in [1.165, 1.54) is 0 Å². The molecule has 1 aliphatic heterocycles. The van der Waals surface area contributed by atoms with Crippen LogP contribution in [-0.4, -0.2) is 54.6 Å². The molecule has 1 aliphatic carbocycles. The average molecular weight is 285 g/mol. The van der Waals surface area contributed by atoms with Crippen molar-refractivity contribution in [3.63, 3.8) is 0 Å². The van der Waals surface area contributed by atoms with Crippen molar-refractivity contribution in [2.75, 3.05) is 37.6 Å². The first-order valence-electron chi connectivity index (χ1n) is 7.38. The molecule has 0 aromatic carbocycles. The minimum absolute atomic E-state index is 0.126. The van der Waals surface area contributed by atoms with E-state index in [1.807, 2.05) is 0 Å². The third-order valence-corrected chi connectivity index (χ3v) is 3.89. The van der Waals surface area contributed by atoms with Crippen LogP contribution in [0.25, 0.3) is 0 Å². The quantitative estimate of drug-likeness (QED) is 0.864. The summed E-state index contributed by atoms with van der Waals surface area (Å²) in [4.78, 5) is 20.4. The van der Waals surface area contributed by atoms with Gasteiger partial charge in [0.05, 0.1) is 12.1 Å². The zero-order chi connectivity index (χ0) is 14.7. The Morgan fingerprint density at radius 3 is 2.81 bits per heavy atom. The average Bonchev–Trinajstić information content (AvgIpc) is 3.32. The molecule has 0 spiro atoms. The van der Waals surface area contributed by atoms with Crippen molar-refractivity contribution in [2.24, 2.45) is 0 Å². The lowest BCUT2D eigenvalue weighted by Gasteiger charge is -2.35. The van der Waals surface area contributed by atoms with Crippen LogP contribution in [0.1, 0.15) is 18.4 Å². The summed E-state index contributed by atoms with van der Waals surface area (Å²) in [5.41, 5.74) is 0.609. The van der Waals surface area contributed by atoms with E-state index in [0.29, 0.717) is 18.2 Å². The zero-order valence-corrected chi connectivity index (χ0v) is 12.0. The van der Waals surface area contributed by atoms with E-state index in [9.17, 15) is 4.79 Å². The highest BCUT2D eigenvalue weighted by molar-refractivity contribution is 5.78. The molecule has 110 valence electrons. The Bertz CT molecular complexity index is 555. The lowest BCUT2D eigenvalue weighted by molar-refractivity contribution is -0.122. The van der Waals surface area contributed by atoms with Crippen LogP contribution in [0.4, 0.5) is 5.82 Å². The molecule has 1 N–H and O–H groups in total. The number of piperazine rings is 1. The number of nitriles is 1. The molecule has 1 amide bonds. The van der Waals surface area contributed by atoms with Crippen LogP contribution in [0.2, 0.25) is 0 Å². The fourth-order valence-corrected chi connectivity index (χ4v) is 2.56. The van der Waals surface area contributed by atoms with E-state index in [0.717, 1.165) is 44.8 Å². The van der Waals surface area contributed by atoms with Gasteiger partial charge in [0.15, 0.2) is 0 Å². The number of nitrogens with one attached hydrogen (secondary N) is 1. The topological polar surface area (TPSA) is 72.3 Å². The minimum atomic E-state index is 0.126. The summed E-state index contributed by atoms with van der Waals surface area (Å²) in [5, 5.41) is 12.1. The highest BCUT2D eigenvalue weighted by atomic mass is 16.2. The second-order valence-electron chi connectivity index (χ2n) is 5.59. The largest absolute Gasteiger partial charge is 0.353 e. The molecule has 2 heterocycles. The summed E-state index contributed by atoms with van der Waals surface area (Å²) in [5.74, 6) is 0.878. The van der Waals surface area contributed by atoms with Crippen molar-refractivity contribution in [3.05, 3.63) is 23.9 Å². The predicted molar refractivity (Wildman–Crippen MR) is 78.8 cm³/mol. The van der Waals surface area contributed by atoms with Gasteiger partial charge in [0.2, 0.25) is 5.91 Å². The molecular formula is C15H19N5O. The first-order valence-corrected chi connectivity index (χ1v) is 7.38. The molecule has 1 aromatic rings. The maximum atomic E-state index is 11.8. The highest BCUT2D eigenvalue weighted by Crippen LogP contribution is 2.19. The number of nitrogens with zero attached hydrogens (tertiary/aromatic N) is 4. The van der Waals surface area contributed by atoms with E-state index in [2.05, 4.69) is 26.2 Å². The third-order valence-electron chi connectivity index (χ3n) is 3.89. The monoisotopic (exact) mass is 285 g/mol. The Hall–Kier alpha value is -2.13. The van der Waals surface area contributed by atoms with Gasteiger partial charge in [-0.05, 0) is 25.0 Å². The van der Waals surface area contributed by atoms with Gasteiger partial charge in [-0.1, -0.05) is 0 Å². The Kier molecular flexibility index (Phi) is 4.02. The summed E-state index contributed by atoms with van der Waals surface area (Å²) in [6.45, 7) is 3.70. The van der Waals surface area contributed by atoms with Crippen LogP contribution in [-0.2, 0) is 4.79 Å². The summed E-state index contributed by atoms with van der Waals surface area (Å²) in [7, 11) is 0. The summed E-state index contributed by atoms with van der Waals surface area (Å²) in [6, 6.07) is 6.17. The normalized spacial score (nSPS) is 19.1. The first kappa shape index (κ1) is 13.8. The second kappa shape index (κ2) is 6.10. The number of carbonyl (C=O) groups is 1. The molecule has 6 nitrogen and oxygen atoms in total. The van der Waals surface area contributed by atoms with Gasteiger partial charge < -0.3 is 10.2 Å². The van der Waals surface area contributed by atoms with Crippen molar-refractivity contribution in [2.45, 2.75) is 18.9 Å². The summed E-state index contributed by atoms with van der Waals surface area (Å²) < 4.78 is 0. The maximum absolute atomic E-state index is 11.8. The SMILES string of the molecule is N#Cc1cccnc1N1CCN(CC(=O)NC2CC2)CC1. The van der Waals surface area contributed by atoms with Crippen LogP contribution in [0.15, 0.2) is 18.3 Å². The Morgan fingerprint density at radius 1 is 1.38 bits per heavy atom. The first-order chi connectivity index (χ1) is 10.3. The number of carbonyl (C=O) groups excluding carboxylic acids is 1. The number of rotatable bonds is 4. The smallest absolute Gasteiger partial charge is 0.234 e. The predicted octanol–water partition coefficient (Wildman–Crippen LogP) is 0.354. The van der Waals surface area contributed by atoms with Crippen molar-refractivity contribution < 1.29 is 4.79 Å². The van der Waals surface area contributed by atoms with Gasteiger partial charge >= 0.3 is 0 Å². The maximum Gasteiger partial charge on any atom is 0.234 e. The molecule has 0 atom stereocenters. The van der Waals surface area contributed by atoms with Crippen LogP contribution in [0.3, 0.4) is 0 Å². The van der Waals surface area contributed by atoms with Crippen molar-refractivity contribution >= 4 is 11.7 Å². The molecule has 0 radical (unpaired) electrons. The van der Waals surface area contributed by atoms with Gasteiger partial charge in [-0.3, -0.25) is 9.69 Å². The summed E-state index contributed by atoms with van der Waals surface area (Å²) >= 11 is 0. The summed E-state index contributed by atoms with van der Waals surface area (Å²) in [6.07, 6.45) is 3.96.